The van der Waals surface area contributed by atoms with E-state index in [4.69, 9.17) is 10.8 Å². The summed E-state index contributed by atoms with van der Waals surface area (Å²) in [6.07, 6.45) is 0. The van der Waals surface area contributed by atoms with E-state index >= 15 is 0 Å². The zero-order valence-electron chi connectivity index (χ0n) is 6.47. The molecule has 1 rings (SSSR count). The van der Waals surface area contributed by atoms with Crippen LogP contribution in [0.5, 0.6) is 5.75 Å². The van der Waals surface area contributed by atoms with Crippen molar-refractivity contribution in [1.29, 1.82) is 0 Å². The summed E-state index contributed by atoms with van der Waals surface area (Å²) >= 11 is 0. The highest BCUT2D eigenvalue weighted by atomic mass is 19.1. The van der Waals surface area contributed by atoms with Crippen LogP contribution in [0.25, 0.3) is 0 Å². The predicted octanol–water partition coefficient (Wildman–Crippen LogP) is 0.939. The molecule has 3 nitrogen and oxygen atoms in total. The first-order valence-corrected chi connectivity index (χ1v) is 3.32. The minimum Gasteiger partial charge on any atom is -0.507 e. The monoisotopic (exact) mass is 169 g/mol. The molecule has 0 aromatic heterocycles. The van der Waals surface area contributed by atoms with Crippen LogP contribution in [-0.2, 0) is 0 Å². The second kappa shape index (κ2) is 2.81. The third-order valence-electron chi connectivity index (χ3n) is 1.62. The third kappa shape index (κ3) is 1.23. The Morgan fingerprint density at radius 2 is 2.17 bits per heavy atom. The molecule has 3 N–H and O–H groups in total. The number of hydrogen-bond acceptors (Lipinski definition) is 2. The predicted molar refractivity (Wildman–Crippen MR) is 41.3 cm³/mol. The number of aromatic hydroxyl groups is 1. The lowest BCUT2D eigenvalue weighted by molar-refractivity contribution is 0.0996. The zero-order valence-corrected chi connectivity index (χ0v) is 6.47. The van der Waals surface area contributed by atoms with Crippen LogP contribution in [0, 0.1) is 12.7 Å². The zero-order chi connectivity index (χ0) is 9.30. The van der Waals surface area contributed by atoms with E-state index in [0.29, 0.717) is 0 Å². The molecule has 64 valence electrons. The van der Waals surface area contributed by atoms with Crippen molar-refractivity contribution >= 4 is 5.91 Å². The van der Waals surface area contributed by atoms with Gasteiger partial charge < -0.3 is 10.8 Å². The average molecular weight is 169 g/mol. The molecule has 0 spiro atoms. The lowest BCUT2D eigenvalue weighted by Gasteiger charge is -2.04. The molecule has 0 heterocycles. The average Bonchev–Trinajstić information content (AvgIpc) is 1.97. The van der Waals surface area contributed by atoms with E-state index in [1.807, 2.05) is 0 Å². The van der Waals surface area contributed by atoms with Crippen molar-refractivity contribution in [3.05, 3.63) is 29.1 Å². The van der Waals surface area contributed by atoms with Crippen molar-refractivity contribution in [2.75, 3.05) is 0 Å². The van der Waals surface area contributed by atoms with E-state index in [-0.39, 0.29) is 16.9 Å². The molecule has 0 radical (unpaired) electrons. The second-order valence-corrected chi connectivity index (χ2v) is 2.43. The lowest BCUT2D eigenvalue weighted by Crippen LogP contribution is -2.13. The van der Waals surface area contributed by atoms with Gasteiger partial charge in [-0.1, -0.05) is 0 Å². The van der Waals surface area contributed by atoms with Crippen LogP contribution >= 0.6 is 0 Å². The van der Waals surface area contributed by atoms with E-state index < -0.39 is 11.7 Å². The van der Waals surface area contributed by atoms with Crippen molar-refractivity contribution in [3.63, 3.8) is 0 Å². The van der Waals surface area contributed by atoms with Crippen LogP contribution in [0.1, 0.15) is 15.9 Å². The Labute approximate surface area is 68.6 Å². The summed E-state index contributed by atoms with van der Waals surface area (Å²) in [5, 5.41) is 9.12. The minimum absolute atomic E-state index is 0.0718. The Morgan fingerprint density at radius 1 is 1.58 bits per heavy atom. The number of carbonyl (C=O) groups is 1. The molecule has 0 atom stereocenters. The summed E-state index contributed by atoms with van der Waals surface area (Å²) in [5.41, 5.74) is 4.83. The maximum Gasteiger partial charge on any atom is 0.252 e. The molecular formula is C8H8FNO2. The van der Waals surface area contributed by atoms with Crippen LogP contribution in [0.15, 0.2) is 12.1 Å². The Morgan fingerprint density at radius 3 is 2.58 bits per heavy atom. The van der Waals surface area contributed by atoms with E-state index in [9.17, 15) is 9.18 Å². The van der Waals surface area contributed by atoms with E-state index in [2.05, 4.69) is 0 Å². The van der Waals surface area contributed by atoms with Crippen LogP contribution in [-0.4, -0.2) is 11.0 Å². The molecule has 0 fully saturated rings. The maximum absolute atomic E-state index is 12.8. The van der Waals surface area contributed by atoms with Crippen molar-refractivity contribution < 1.29 is 14.3 Å². The SMILES string of the molecule is Cc1c(F)ccc(O)c1C(N)=O. The molecule has 4 heteroatoms. The quantitative estimate of drug-likeness (QED) is 0.657. The van der Waals surface area contributed by atoms with Crippen molar-refractivity contribution in [2.24, 2.45) is 5.73 Å². The van der Waals surface area contributed by atoms with E-state index in [0.717, 1.165) is 12.1 Å². The number of phenols is 1. The van der Waals surface area contributed by atoms with E-state index in [1.54, 1.807) is 0 Å². The van der Waals surface area contributed by atoms with Crippen LogP contribution in [0.2, 0.25) is 0 Å². The van der Waals surface area contributed by atoms with Gasteiger partial charge in [0, 0.05) is 5.56 Å². The molecule has 1 amide bonds. The third-order valence-corrected chi connectivity index (χ3v) is 1.62. The molecule has 0 aliphatic carbocycles. The van der Waals surface area contributed by atoms with Gasteiger partial charge in [-0.3, -0.25) is 4.79 Å². The Kier molecular flexibility index (Phi) is 1.99. The fourth-order valence-corrected chi connectivity index (χ4v) is 0.983. The number of carbonyl (C=O) groups excluding carboxylic acids is 1. The first-order chi connectivity index (χ1) is 5.54. The van der Waals surface area contributed by atoms with Crippen molar-refractivity contribution in [3.8, 4) is 5.75 Å². The molecule has 0 unspecified atom stereocenters. The Hall–Kier alpha value is -1.58. The Balaban J connectivity index is 3.43. The highest BCUT2D eigenvalue weighted by Gasteiger charge is 2.13. The van der Waals surface area contributed by atoms with Gasteiger partial charge in [0.15, 0.2) is 0 Å². The summed E-state index contributed by atoms with van der Waals surface area (Å²) in [4.78, 5) is 10.7. The van der Waals surface area contributed by atoms with Gasteiger partial charge in [0.2, 0.25) is 0 Å². The summed E-state index contributed by atoms with van der Waals surface area (Å²) in [6.45, 7) is 1.38. The number of primary amides is 1. The summed E-state index contributed by atoms with van der Waals surface area (Å²) in [5.74, 6) is -1.67. The van der Waals surface area contributed by atoms with Gasteiger partial charge in [0.1, 0.15) is 11.6 Å². The van der Waals surface area contributed by atoms with Crippen LogP contribution in [0.3, 0.4) is 0 Å². The smallest absolute Gasteiger partial charge is 0.252 e. The van der Waals surface area contributed by atoms with Gasteiger partial charge >= 0.3 is 0 Å². The van der Waals surface area contributed by atoms with Gasteiger partial charge in [0.25, 0.3) is 5.91 Å². The summed E-state index contributed by atoms with van der Waals surface area (Å²) in [7, 11) is 0. The number of nitrogens with two attached hydrogens (primary N) is 1. The standard InChI is InChI=1S/C8H8FNO2/c1-4-5(9)2-3-6(11)7(4)8(10)12/h2-3,11H,1H3,(H2,10,12). The van der Waals surface area contributed by atoms with E-state index in [1.165, 1.54) is 6.92 Å². The maximum atomic E-state index is 12.8. The van der Waals surface area contributed by atoms with Crippen molar-refractivity contribution in [2.45, 2.75) is 6.92 Å². The van der Waals surface area contributed by atoms with Crippen LogP contribution < -0.4 is 5.73 Å². The van der Waals surface area contributed by atoms with Gasteiger partial charge in [-0.05, 0) is 19.1 Å². The number of rotatable bonds is 1. The van der Waals surface area contributed by atoms with Crippen LogP contribution in [0.4, 0.5) is 4.39 Å². The number of amides is 1. The molecule has 1 aromatic rings. The topological polar surface area (TPSA) is 63.3 Å². The van der Waals surface area contributed by atoms with Gasteiger partial charge in [0.05, 0.1) is 5.56 Å². The first-order valence-electron chi connectivity index (χ1n) is 3.32. The first kappa shape index (κ1) is 8.52. The molecular weight excluding hydrogens is 161 g/mol. The molecule has 12 heavy (non-hydrogen) atoms. The normalized spacial score (nSPS) is 9.83. The number of benzene rings is 1. The van der Waals surface area contributed by atoms with Gasteiger partial charge in [-0.15, -0.1) is 0 Å². The molecule has 0 saturated carbocycles. The number of halogens is 1. The fraction of sp³-hybridized carbons (Fsp3) is 0.125. The van der Waals surface area contributed by atoms with Gasteiger partial charge in [-0.25, -0.2) is 4.39 Å². The fourth-order valence-electron chi connectivity index (χ4n) is 0.983. The lowest BCUT2D eigenvalue weighted by atomic mass is 10.1. The molecule has 0 aliphatic rings. The Bertz CT molecular complexity index is 336. The summed E-state index contributed by atoms with van der Waals surface area (Å²) in [6, 6.07) is 2.18. The number of hydrogen-bond donors (Lipinski definition) is 2. The highest BCUT2D eigenvalue weighted by molar-refractivity contribution is 5.97. The minimum atomic E-state index is -0.829. The molecule has 0 aliphatic heterocycles. The highest BCUT2D eigenvalue weighted by Crippen LogP contribution is 2.21. The molecule has 0 saturated heterocycles. The second-order valence-electron chi connectivity index (χ2n) is 2.43. The summed E-state index contributed by atoms with van der Waals surface area (Å²) < 4.78 is 12.8. The largest absolute Gasteiger partial charge is 0.507 e. The molecule has 0 bridgehead atoms. The van der Waals surface area contributed by atoms with Crippen molar-refractivity contribution in [1.82, 2.24) is 0 Å². The van der Waals surface area contributed by atoms with Gasteiger partial charge in [-0.2, -0.15) is 0 Å². The molecule has 1 aromatic carbocycles.